The number of nitrogens with one attached hydrogen (secondary N) is 3. The third-order valence-electron chi connectivity index (χ3n) is 2.48. The first-order chi connectivity index (χ1) is 9.58. The fourth-order valence-corrected chi connectivity index (χ4v) is 2.01. The number of hydrogen-bond acceptors (Lipinski definition) is 3. The van der Waals surface area contributed by atoms with Gasteiger partial charge in [-0.25, -0.2) is 14.6 Å². The topological polar surface area (TPSA) is 107 Å². The van der Waals surface area contributed by atoms with E-state index >= 15 is 0 Å². The van der Waals surface area contributed by atoms with Crippen LogP contribution in [-0.4, -0.2) is 27.1 Å². The third-order valence-corrected chi connectivity index (χ3v) is 3.14. The van der Waals surface area contributed by atoms with E-state index < -0.39 is 12.0 Å². The number of carbonyl (C=O) groups excluding carboxylic acids is 1. The van der Waals surface area contributed by atoms with Crippen LogP contribution >= 0.6 is 15.9 Å². The van der Waals surface area contributed by atoms with Crippen molar-refractivity contribution in [1.29, 1.82) is 0 Å². The van der Waals surface area contributed by atoms with Gasteiger partial charge in [-0.2, -0.15) is 0 Å². The van der Waals surface area contributed by atoms with Gasteiger partial charge >= 0.3 is 12.0 Å². The number of H-pyrrole nitrogens is 1. The molecule has 0 spiro atoms. The molecule has 0 atom stereocenters. The Bertz CT molecular complexity index is 628. The molecule has 20 heavy (non-hydrogen) atoms. The predicted octanol–water partition coefficient (Wildman–Crippen LogP) is 2.19. The minimum absolute atomic E-state index is 0.0102. The molecule has 2 aromatic rings. The Balaban J connectivity index is 2.06. The number of hydrogen-bond donors (Lipinski definition) is 4. The molecular weight excluding hydrogens is 328 g/mol. The number of aromatic carboxylic acids is 1. The fraction of sp³-hybridized carbons (Fsp3) is 0.0833. The number of benzene rings is 1. The van der Waals surface area contributed by atoms with Crippen molar-refractivity contribution < 1.29 is 14.7 Å². The van der Waals surface area contributed by atoms with Crippen molar-refractivity contribution in [2.24, 2.45) is 0 Å². The van der Waals surface area contributed by atoms with Gasteiger partial charge in [-0.05, 0) is 28.1 Å². The van der Waals surface area contributed by atoms with Crippen LogP contribution in [0.1, 0.15) is 16.1 Å². The number of para-hydroxylation sites is 1. The van der Waals surface area contributed by atoms with Crippen LogP contribution in [0.2, 0.25) is 0 Å². The van der Waals surface area contributed by atoms with Gasteiger partial charge in [0.2, 0.25) is 0 Å². The molecule has 104 valence electrons. The second-order valence-corrected chi connectivity index (χ2v) is 4.71. The number of anilines is 1. The lowest BCUT2D eigenvalue weighted by atomic mass is 10.2. The summed E-state index contributed by atoms with van der Waals surface area (Å²) in [7, 11) is 0. The summed E-state index contributed by atoms with van der Waals surface area (Å²) >= 11 is 3.21. The summed E-state index contributed by atoms with van der Waals surface area (Å²) in [4.78, 5) is 29.5. The van der Waals surface area contributed by atoms with Crippen molar-refractivity contribution in [1.82, 2.24) is 15.3 Å². The summed E-state index contributed by atoms with van der Waals surface area (Å²) in [6.45, 7) is 0.263. The minimum atomic E-state index is -1.12. The third kappa shape index (κ3) is 3.35. The number of aromatic amines is 1. The molecule has 0 bridgehead atoms. The van der Waals surface area contributed by atoms with Crippen molar-refractivity contribution in [3.8, 4) is 0 Å². The van der Waals surface area contributed by atoms with Gasteiger partial charge in [0, 0.05) is 10.7 Å². The van der Waals surface area contributed by atoms with E-state index in [0.717, 1.165) is 5.69 Å². The van der Waals surface area contributed by atoms with Gasteiger partial charge in [0.15, 0.2) is 0 Å². The predicted molar refractivity (Wildman–Crippen MR) is 75.5 cm³/mol. The van der Waals surface area contributed by atoms with Crippen molar-refractivity contribution >= 4 is 33.6 Å². The number of urea groups is 1. The molecule has 0 aliphatic carbocycles. The maximum atomic E-state index is 11.8. The number of imidazole rings is 1. The van der Waals surface area contributed by atoms with Gasteiger partial charge in [0.05, 0.1) is 29.8 Å². The van der Waals surface area contributed by atoms with Crippen LogP contribution in [0, 0.1) is 0 Å². The van der Waals surface area contributed by atoms with Gasteiger partial charge < -0.3 is 20.7 Å². The Labute approximate surface area is 122 Å². The number of carboxylic acid groups (broad SMARTS) is 1. The van der Waals surface area contributed by atoms with Crippen molar-refractivity contribution in [2.75, 3.05) is 5.32 Å². The van der Waals surface area contributed by atoms with Crippen LogP contribution in [0.15, 0.2) is 35.2 Å². The SMILES string of the molecule is O=C(NCc1cnc[nH]1)Nc1c(Br)cccc1C(=O)O. The van der Waals surface area contributed by atoms with Gasteiger partial charge in [-0.3, -0.25) is 0 Å². The molecule has 0 aliphatic heterocycles. The number of nitrogens with zero attached hydrogens (tertiary/aromatic N) is 1. The highest BCUT2D eigenvalue weighted by molar-refractivity contribution is 9.10. The van der Waals surface area contributed by atoms with Crippen LogP contribution in [0.3, 0.4) is 0 Å². The molecule has 0 fully saturated rings. The number of carboxylic acids is 1. The number of carbonyl (C=O) groups is 2. The van der Waals surface area contributed by atoms with E-state index in [-0.39, 0.29) is 17.8 Å². The largest absolute Gasteiger partial charge is 0.478 e. The van der Waals surface area contributed by atoms with Crippen molar-refractivity contribution in [3.05, 3.63) is 46.5 Å². The molecule has 0 saturated heterocycles. The van der Waals surface area contributed by atoms with Crippen molar-refractivity contribution in [2.45, 2.75) is 6.54 Å². The maximum Gasteiger partial charge on any atom is 0.337 e. The van der Waals surface area contributed by atoms with Gasteiger partial charge in [-0.1, -0.05) is 6.07 Å². The Morgan fingerprint density at radius 2 is 2.20 bits per heavy atom. The highest BCUT2D eigenvalue weighted by Gasteiger charge is 2.15. The summed E-state index contributed by atoms with van der Waals surface area (Å²) in [5.74, 6) is -1.12. The Morgan fingerprint density at radius 3 is 2.85 bits per heavy atom. The first-order valence-electron chi connectivity index (χ1n) is 5.62. The minimum Gasteiger partial charge on any atom is -0.478 e. The Morgan fingerprint density at radius 1 is 1.40 bits per heavy atom. The van der Waals surface area contributed by atoms with E-state index in [0.29, 0.717) is 4.47 Å². The number of rotatable bonds is 4. The van der Waals surface area contributed by atoms with E-state index in [2.05, 4.69) is 36.5 Å². The molecule has 8 heteroatoms. The molecule has 0 saturated carbocycles. The standard InChI is InChI=1S/C12H11BrN4O3/c13-9-3-1-2-8(11(18)19)10(9)17-12(20)15-5-7-4-14-6-16-7/h1-4,6H,5H2,(H,14,16)(H,18,19)(H2,15,17,20). The van der Waals surface area contributed by atoms with Crippen LogP contribution in [0.25, 0.3) is 0 Å². The van der Waals surface area contributed by atoms with Crippen LogP contribution in [0.4, 0.5) is 10.5 Å². The number of halogens is 1. The molecule has 0 radical (unpaired) electrons. The summed E-state index contributed by atoms with van der Waals surface area (Å²) in [6.07, 6.45) is 3.09. The lowest BCUT2D eigenvalue weighted by Crippen LogP contribution is -2.29. The average molecular weight is 339 g/mol. The molecule has 0 aliphatic rings. The maximum absolute atomic E-state index is 11.8. The second-order valence-electron chi connectivity index (χ2n) is 3.85. The highest BCUT2D eigenvalue weighted by atomic mass is 79.9. The summed E-state index contributed by atoms with van der Waals surface area (Å²) in [6, 6.07) is 4.14. The summed E-state index contributed by atoms with van der Waals surface area (Å²) in [5, 5.41) is 14.2. The number of amides is 2. The highest BCUT2D eigenvalue weighted by Crippen LogP contribution is 2.26. The number of aromatic nitrogens is 2. The zero-order valence-corrected chi connectivity index (χ0v) is 11.8. The van der Waals surface area contributed by atoms with Gasteiger partial charge in [-0.15, -0.1) is 0 Å². The fourth-order valence-electron chi connectivity index (χ4n) is 1.54. The second kappa shape index (κ2) is 6.20. The molecule has 2 rings (SSSR count). The van der Waals surface area contributed by atoms with Crippen molar-refractivity contribution in [3.63, 3.8) is 0 Å². The smallest absolute Gasteiger partial charge is 0.337 e. The Hall–Kier alpha value is -2.35. The first-order valence-corrected chi connectivity index (χ1v) is 6.41. The van der Waals surface area contributed by atoms with Gasteiger partial charge in [0.25, 0.3) is 0 Å². The lowest BCUT2D eigenvalue weighted by molar-refractivity contribution is 0.0698. The molecule has 0 unspecified atom stereocenters. The molecule has 1 heterocycles. The molecular formula is C12H11BrN4O3. The zero-order chi connectivity index (χ0) is 14.5. The molecule has 7 nitrogen and oxygen atoms in total. The van der Waals surface area contributed by atoms with Crippen LogP contribution in [0.5, 0.6) is 0 Å². The van der Waals surface area contributed by atoms with Crippen LogP contribution in [-0.2, 0) is 6.54 Å². The van der Waals surface area contributed by atoms with E-state index in [1.165, 1.54) is 12.4 Å². The van der Waals surface area contributed by atoms with E-state index in [1.807, 2.05) is 0 Å². The first kappa shape index (κ1) is 14.1. The quantitative estimate of drug-likeness (QED) is 0.685. The van der Waals surface area contributed by atoms with E-state index in [9.17, 15) is 9.59 Å². The molecule has 4 N–H and O–H groups in total. The molecule has 1 aromatic heterocycles. The summed E-state index contributed by atoms with van der Waals surface area (Å²) < 4.78 is 0.495. The van der Waals surface area contributed by atoms with E-state index in [4.69, 9.17) is 5.11 Å². The normalized spacial score (nSPS) is 10.1. The zero-order valence-electron chi connectivity index (χ0n) is 10.2. The van der Waals surface area contributed by atoms with Crippen LogP contribution < -0.4 is 10.6 Å². The van der Waals surface area contributed by atoms with E-state index in [1.54, 1.807) is 18.3 Å². The average Bonchev–Trinajstić information content (AvgIpc) is 2.91. The Kier molecular flexibility index (Phi) is 4.36. The molecule has 2 amide bonds. The lowest BCUT2D eigenvalue weighted by Gasteiger charge is -2.11. The monoisotopic (exact) mass is 338 g/mol. The van der Waals surface area contributed by atoms with Gasteiger partial charge in [0.1, 0.15) is 0 Å². The summed E-state index contributed by atoms with van der Waals surface area (Å²) in [5.41, 5.74) is 0.962. The molecule has 1 aromatic carbocycles.